The molecule has 0 radical (unpaired) electrons. The third-order valence-corrected chi connectivity index (χ3v) is 5.01. The number of anilines is 1. The highest BCUT2D eigenvalue weighted by molar-refractivity contribution is 7.15. The van der Waals surface area contributed by atoms with Crippen LogP contribution in [0.1, 0.15) is 21.8 Å². The Morgan fingerprint density at radius 1 is 1.19 bits per heavy atom. The molecule has 0 bridgehead atoms. The maximum absolute atomic E-state index is 12.1. The van der Waals surface area contributed by atoms with Crippen LogP contribution in [0.15, 0.2) is 71.3 Å². The number of aryl methyl sites for hydroxylation is 1. The first-order chi connectivity index (χ1) is 13.2. The molecular formula is C22H18N2O2S. The Morgan fingerprint density at radius 3 is 2.89 bits per heavy atom. The molecule has 0 aliphatic carbocycles. The molecule has 0 aliphatic heterocycles. The maximum Gasteiger partial charge on any atom is 0.250 e. The molecule has 0 unspecified atom stereocenters. The zero-order valence-corrected chi connectivity index (χ0v) is 15.6. The van der Waals surface area contributed by atoms with E-state index in [1.807, 2.05) is 49.4 Å². The lowest BCUT2D eigenvalue weighted by Crippen LogP contribution is -2.06. The van der Waals surface area contributed by atoms with E-state index < -0.39 is 0 Å². The third-order valence-electron chi connectivity index (χ3n) is 4.10. The molecular weight excluding hydrogens is 356 g/mol. The van der Waals surface area contributed by atoms with E-state index >= 15 is 0 Å². The zero-order valence-electron chi connectivity index (χ0n) is 14.8. The molecule has 0 saturated carbocycles. The molecule has 4 aromatic rings. The second kappa shape index (κ2) is 7.60. The van der Waals surface area contributed by atoms with Crippen molar-refractivity contribution in [1.82, 2.24) is 4.98 Å². The number of amides is 1. The molecule has 0 saturated heterocycles. The summed E-state index contributed by atoms with van der Waals surface area (Å²) < 4.78 is 5.74. The summed E-state index contributed by atoms with van der Waals surface area (Å²) in [6.45, 7) is 2.02. The lowest BCUT2D eigenvalue weighted by Gasteiger charge is -1.97. The van der Waals surface area contributed by atoms with Gasteiger partial charge in [-0.3, -0.25) is 10.1 Å². The zero-order chi connectivity index (χ0) is 18.6. The Bertz CT molecular complexity index is 1110. The van der Waals surface area contributed by atoms with Crippen LogP contribution in [-0.4, -0.2) is 10.9 Å². The average molecular weight is 374 g/mol. The number of aromatic nitrogens is 1. The first-order valence-electron chi connectivity index (χ1n) is 8.63. The van der Waals surface area contributed by atoms with Gasteiger partial charge in [0.25, 0.3) is 0 Å². The molecule has 2 aromatic heterocycles. The normalized spacial score (nSPS) is 11.3. The van der Waals surface area contributed by atoms with Crippen LogP contribution in [0.3, 0.4) is 0 Å². The van der Waals surface area contributed by atoms with E-state index in [1.165, 1.54) is 23.0 Å². The van der Waals surface area contributed by atoms with Gasteiger partial charge in [-0.2, -0.15) is 0 Å². The SMILES string of the molecule is Cc1ccc2cc(/C=C/C(=O)Nc3ncc(Cc4ccccc4)s3)oc2c1. The number of carbonyl (C=O) groups excluding carboxylic acids is 1. The fourth-order valence-corrected chi connectivity index (χ4v) is 3.64. The lowest BCUT2D eigenvalue weighted by atomic mass is 10.1. The molecule has 0 spiro atoms. The highest BCUT2D eigenvalue weighted by atomic mass is 32.1. The Morgan fingerprint density at radius 2 is 2.04 bits per heavy atom. The summed E-state index contributed by atoms with van der Waals surface area (Å²) >= 11 is 1.48. The van der Waals surface area contributed by atoms with Gasteiger partial charge in [-0.05, 0) is 36.3 Å². The van der Waals surface area contributed by atoms with Gasteiger partial charge in [0, 0.05) is 29.0 Å². The van der Waals surface area contributed by atoms with Gasteiger partial charge in [0.2, 0.25) is 5.91 Å². The van der Waals surface area contributed by atoms with Crippen LogP contribution in [-0.2, 0) is 11.2 Å². The van der Waals surface area contributed by atoms with Gasteiger partial charge in [0.05, 0.1) is 0 Å². The number of furan rings is 1. The van der Waals surface area contributed by atoms with Gasteiger partial charge in [-0.15, -0.1) is 11.3 Å². The first kappa shape index (κ1) is 17.2. The standard InChI is InChI=1S/C22H18N2O2S/c1-15-7-8-17-13-18(26-20(17)11-15)9-10-21(25)24-22-23-14-19(27-22)12-16-5-3-2-4-6-16/h2-11,13-14H,12H2,1H3,(H,23,24,25)/b10-9+. The second-order valence-corrected chi connectivity index (χ2v) is 7.42. The van der Waals surface area contributed by atoms with E-state index in [2.05, 4.69) is 22.4 Å². The number of carbonyl (C=O) groups is 1. The number of hydrogen-bond acceptors (Lipinski definition) is 4. The van der Waals surface area contributed by atoms with Crippen molar-refractivity contribution in [2.24, 2.45) is 0 Å². The Kier molecular flexibility index (Phi) is 4.85. The highest BCUT2D eigenvalue weighted by Gasteiger charge is 2.06. The van der Waals surface area contributed by atoms with Crippen LogP contribution in [0.25, 0.3) is 17.0 Å². The van der Waals surface area contributed by atoms with E-state index in [4.69, 9.17) is 4.42 Å². The van der Waals surface area contributed by atoms with Crippen LogP contribution < -0.4 is 5.32 Å². The van der Waals surface area contributed by atoms with Crippen LogP contribution >= 0.6 is 11.3 Å². The summed E-state index contributed by atoms with van der Waals surface area (Å²) in [6, 6.07) is 18.1. The monoisotopic (exact) mass is 374 g/mol. The van der Waals surface area contributed by atoms with Crippen molar-refractivity contribution < 1.29 is 9.21 Å². The van der Waals surface area contributed by atoms with E-state index in [0.29, 0.717) is 10.9 Å². The van der Waals surface area contributed by atoms with Crippen LogP contribution in [0.5, 0.6) is 0 Å². The van der Waals surface area contributed by atoms with Crippen molar-refractivity contribution in [3.63, 3.8) is 0 Å². The van der Waals surface area contributed by atoms with Gasteiger partial charge < -0.3 is 4.42 Å². The summed E-state index contributed by atoms with van der Waals surface area (Å²) in [7, 11) is 0. The summed E-state index contributed by atoms with van der Waals surface area (Å²) in [5, 5.41) is 4.41. The number of rotatable bonds is 5. The highest BCUT2D eigenvalue weighted by Crippen LogP contribution is 2.23. The molecule has 5 heteroatoms. The summed E-state index contributed by atoms with van der Waals surface area (Å²) in [6.07, 6.45) is 5.74. The molecule has 0 fully saturated rings. The molecule has 1 N–H and O–H groups in total. The number of fused-ring (bicyclic) bond motifs is 1. The van der Waals surface area contributed by atoms with Gasteiger partial charge >= 0.3 is 0 Å². The lowest BCUT2D eigenvalue weighted by molar-refractivity contribution is -0.111. The molecule has 134 valence electrons. The fraction of sp³-hybridized carbons (Fsp3) is 0.0909. The van der Waals surface area contributed by atoms with Crippen molar-refractivity contribution in [2.75, 3.05) is 5.32 Å². The Balaban J connectivity index is 1.39. The van der Waals surface area contributed by atoms with Gasteiger partial charge in [-0.25, -0.2) is 4.98 Å². The molecule has 4 nitrogen and oxygen atoms in total. The summed E-state index contributed by atoms with van der Waals surface area (Å²) in [5.41, 5.74) is 3.18. The second-order valence-electron chi connectivity index (χ2n) is 6.31. The maximum atomic E-state index is 12.1. The van der Waals surface area contributed by atoms with Gasteiger partial charge in [0.1, 0.15) is 11.3 Å². The predicted octanol–water partition coefficient (Wildman–Crippen LogP) is 5.44. The molecule has 2 heterocycles. The van der Waals surface area contributed by atoms with Crippen molar-refractivity contribution in [2.45, 2.75) is 13.3 Å². The van der Waals surface area contributed by atoms with Crippen molar-refractivity contribution in [3.05, 3.63) is 88.6 Å². The Labute approximate surface area is 161 Å². The smallest absolute Gasteiger partial charge is 0.250 e. The largest absolute Gasteiger partial charge is 0.457 e. The minimum absolute atomic E-state index is 0.229. The number of hydrogen-bond donors (Lipinski definition) is 1. The molecule has 1 amide bonds. The molecule has 27 heavy (non-hydrogen) atoms. The van der Waals surface area contributed by atoms with Crippen molar-refractivity contribution >= 4 is 39.4 Å². The number of thiazole rings is 1. The third kappa shape index (κ3) is 4.33. The van der Waals surface area contributed by atoms with Crippen molar-refractivity contribution in [3.8, 4) is 0 Å². The predicted molar refractivity (Wildman–Crippen MR) is 110 cm³/mol. The van der Waals surface area contributed by atoms with Gasteiger partial charge in [0.15, 0.2) is 5.13 Å². The molecule has 4 rings (SSSR count). The molecule has 2 aromatic carbocycles. The number of nitrogens with zero attached hydrogens (tertiary/aromatic N) is 1. The summed E-state index contributed by atoms with van der Waals surface area (Å²) in [5.74, 6) is 0.418. The van der Waals surface area contributed by atoms with E-state index in [-0.39, 0.29) is 5.91 Å². The molecule has 0 aliphatic rings. The Hall–Kier alpha value is -3.18. The fourth-order valence-electron chi connectivity index (χ4n) is 2.79. The van der Waals surface area contributed by atoms with E-state index in [1.54, 1.807) is 12.3 Å². The van der Waals surface area contributed by atoms with Crippen LogP contribution in [0, 0.1) is 6.92 Å². The number of benzene rings is 2. The van der Waals surface area contributed by atoms with E-state index in [0.717, 1.165) is 27.8 Å². The minimum atomic E-state index is -0.229. The average Bonchev–Trinajstić information content (AvgIpc) is 3.27. The topological polar surface area (TPSA) is 55.1 Å². The van der Waals surface area contributed by atoms with Crippen LogP contribution in [0.4, 0.5) is 5.13 Å². The van der Waals surface area contributed by atoms with Crippen molar-refractivity contribution in [1.29, 1.82) is 0 Å². The quantitative estimate of drug-likeness (QED) is 0.473. The van der Waals surface area contributed by atoms with Crippen LogP contribution in [0.2, 0.25) is 0 Å². The molecule has 0 atom stereocenters. The minimum Gasteiger partial charge on any atom is -0.457 e. The summed E-state index contributed by atoms with van der Waals surface area (Å²) in [4.78, 5) is 17.5. The first-order valence-corrected chi connectivity index (χ1v) is 9.45. The van der Waals surface area contributed by atoms with Gasteiger partial charge in [-0.1, -0.05) is 42.5 Å². The van der Waals surface area contributed by atoms with E-state index in [9.17, 15) is 4.79 Å². The number of nitrogens with one attached hydrogen (secondary N) is 1.